The minimum Gasteiger partial charge on any atom is -0.497 e. The van der Waals surface area contributed by atoms with Crippen LogP contribution in [0, 0.1) is 0 Å². The van der Waals surface area contributed by atoms with Gasteiger partial charge < -0.3 is 15.4 Å². The number of amides is 3. The van der Waals surface area contributed by atoms with Crippen molar-refractivity contribution in [2.24, 2.45) is 0 Å². The summed E-state index contributed by atoms with van der Waals surface area (Å²) in [5.74, 6) is 0.110. The van der Waals surface area contributed by atoms with Crippen molar-refractivity contribution in [1.29, 1.82) is 0 Å². The molecule has 1 atom stereocenters. The Kier molecular flexibility index (Phi) is 8.22. The molecule has 0 bridgehead atoms. The van der Waals surface area contributed by atoms with E-state index in [4.69, 9.17) is 4.74 Å². The van der Waals surface area contributed by atoms with Gasteiger partial charge in [0, 0.05) is 17.7 Å². The van der Waals surface area contributed by atoms with Crippen LogP contribution in [0.5, 0.6) is 5.75 Å². The second-order valence-electron chi connectivity index (χ2n) is 8.05. The van der Waals surface area contributed by atoms with Crippen LogP contribution in [0.3, 0.4) is 0 Å². The van der Waals surface area contributed by atoms with E-state index in [1.54, 1.807) is 31.4 Å². The number of urea groups is 1. The number of rotatable bonds is 8. The van der Waals surface area contributed by atoms with Crippen LogP contribution in [0.15, 0.2) is 78.9 Å². The molecule has 0 aliphatic rings. The average Bonchev–Trinajstić information content (AvgIpc) is 3.37. The van der Waals surface area contributed by atoms with Crippen molar-refractivity contribution in [3.05, 3.63) is 90.0 Å². The summed E-state index contributed by atoms with van der Waals surface area (Å²) in [6, 6.07) is 18.5. The van der Waals surface area contributed by atoms with Crippen LogP contribution in [0.2, 0.25) is 0 Å². The SMILES string of the molecule is COc1cccc(-c2nnc(NC(=O)C(Cc3ccccc3)NC(=O)Nc3ccc(C(F)(F)F)cc3)s2)c1. The summed E-state index contributed by atoms with van der Waals surface area (Å²) in [6.07, 6.45) is -4.33. The second-order valence-corrected chi connectivity index (χ2v) is 9.03. The number of methoxy groups -OCH3 is 1. The molecule has 3 amide bonds. The molecule has 196 valence electrons. The van der Waals surface area contributed by atoms with E-state index in [1.165, 1.54) is 0 Å². The smallest absolute Gasteiger partial charge is 0.416 e. The van der Waals surface area contributed by atoms with Gasteiger partial charge in [0.25, 0.3) is 0 Å². The molecule has 0 aliphatic carbocycles. The largest absolute Gasteiger partial charge is 0.497 e. The van der Waals surface area contributed by atoms with Gasteiger partial charge in [0.05, 0.1) is 12.7 Å². The summed E-state index contributed by atoms with van der Waals surface area (Å²) < 4.78 is 43.6. The third-order valence-corrected chi connectivity index (χ3v) is 6.23. The molecule has 12 heteroatoms. The number of nitrogens with one attached hydrogen (secondary N) is 3. The van der Waals surface area contributed by atoms with Gasteiger partial charge in [-0.2, -0.15) is 13.2 Å². The van der Waals surface area contributed by atoms with E-state index in [1.807, 2.05) is 30.3 Å². The molecule has 0 saturated heterocycles. The third kappa shape index (κ3) is 7.07. The highest BCUT2D eigenvalue weighted by molar-refractivity contribution is 7.18. The molecule has 3 N–H and O–H groups in total. The Morgan fingerprint density at radius 1 is 0.947 bits per heavy atom. The van der Waals surface area contributed by atoms with Crippen LogP contribution in [-0.4, -0.2) is 35.3 Å². The van der Waals surface area contributed by atoms with Gasteiger partial charge >= 0.3 is 12.2 Å². The first-order valence-corrected chi connectivity index (χ1v) is 12.1. The number of halogens is 3. The van der Waals surface area contributed by atoms with Gasteiger partial charge in [-0.05, 0) is 42.0 Å². The van der Waals surface area contributed by atoms with Crippen molar-refractivity contribution in [3.8, 4) is 16.3 Å². The van der Waals surface area contributed by atoms with Crippen LogP contribution in [0.1, 0.15) is 11.1 Å². The molecule has 0 fully saturated rings. The molecule has 0 saturated carbocycles. The highest BCUT2D eigenvalue weighted by Crippen LogP contribution is 2.30. The van der Waals surface area contributed by atoms with Crippen molar-refractivity contribution in [2.45, 2.75) is 18.6 Å². The zero-order valence-corrected chi connectivity index (χ0v) is 20.8. The maximum absolute atomic E-state index is 13.1. The van der Waals surface area contributed by atoms with Crippen molar-refractivity contribution in [3.63, 3.8) is 0 Å². The summed E-state index contributed by atoms with van der Waals surface area (Å²) in [5, 5.41) is 16.7. The summed E-state index contributed by atoms with van der Waals surface area (Å²) >= 11 is 1.15. The van der Waals surface area contributed by atoms with Gasteiger partial charge in [0.2, 0.25) is 11.0 Å². The van der Waals surface area contributed by atoms with Gasteiger partial charge in [0.1, 0.15) is 16.8 Å². The first kappa shape index (κ1) is 26.6. The normalized spacial score (nSPS) is 11.9. The Bertz CT molecular complexity index is 1400. The maximum Gasteiger partial charge on any atom is 0.416 e. The molecule has 0 spiro atoms. The molecule has 1 unspecified atom stereocenters. The summed E-state index contributed by atoms with van der Waals surface area (Å²) in [7, 11) is 1.55. The minimum atomic E-state index is -4.49. The van der Waals surface area contributed by atoms with Crippen LogP contribution < -0.4 is 20.7 Å². The Hall–Kier alpha value is -4.45. The monoisotopic (exact) mass is 541 g/mol. The number of anilines is 2. The number of hydrogen-bond donors (Lipinski definition) is 3. The standard InChI is InChI=1S/C26H22F3N5O3S/c1-37-20-9-5-8-17(15-20)23-33-34-25(38-23)32-22(35)21(14-16-6-3-2-4-7-16)31-24(36)30-19-12-10-18(11-13-19)26(27,28)29/h2-13,15,21H,14H2,1H3,(H2,30,31,36)(H,32,34,35). The van der Waals surface area contributed by atoms with E-state index in [2.05, 4.69) is 26.1 Å². The van der Waals surface area contributed by atoms with Gasteiger partial charge in [0.15, 0.2) is 0 Å². The lowest BCUT2D eigenvalue weighted by Crippen LogP contribution is -2.46. The highest BCUT2D eigenvalue weighted by atomic mass is 32.1. The van der Waals surface area contributed by atoms with Crippen molar-refractivity contribution >= 4 is 34.1 Å². The Morgan fingerprint density at radius 2 is 1.68 bits per heavy atom. The van der Waals surface area contributed by atoms with E-state index < -0.39 is 29.7 Å². The summed E-state index contributed by atoms with van der Waals surface area (Å²) in [6.45, 7) is 0. The van der Waals surface area contributed by atoms with Gasteiger partial charge in [-0.1, -0.05) is 53.8 Å². The zero-order chi connectivity index (χ0) is 27.1. The molecule has 1 heterocycles. The predicted octanol–water partition coefficient (Wildman–Crippen LogP) is 5.60. The molecular formula is C26H22F3N5O3S. The second kappa shape index (κ2) is 11.7. The van der Waals surface area contributed by atoms with Crippen LogP contribution >= 0.6 is 11.3 Å². The molecular weight excluding hydrogens is 519 g/mol. The minimum absolute atomic E-state index is 0.140. The van der Waals surface area contributed by atoms with Gasteiger partial charge in [-0.3, -0.25) is 10.1 Å². The van der Waals surface area contributed by atoms with E-state index >= 15 is 0 Å². The molecule has 0 aliphatic heterocycles. The number of carbonyl (C=O) groups excluding carboxylic acids is 2. The first-order valence-electron chi connectivity index (χ1n) is 11.3. The lowest BCUT2D eigenvalue weighted by Gasteiger charge is -2.18. The third-order valence-electron chi connectivity index (χ3n) is 5.35. The fourth-order valence-corrected chi connectivity index (χ4v) is 4.21. The lowest BCUT2D eigenvalue weighted by atomic mass is 10.1. The molecule has 4 aromatic rings. The number of aromatic nitrogens is 2. The van der Waals surface area contributed by atoms with Gasteiger partial charge in [-0.25, -0.2) is 4.79 Å². The van der Waals surface area contributed by atoms with Gasteiger partial charge in [-0.15, -0.1) is 10.2 Å². The van der Waals surface area contributed by atoms with Crippen molar-refractivity contribution in [2.75, 3.05) is 17.7 Å². The fourth-order valence-electron chi connectivity index (χ4n) is 3.47. The molecule has 8 nitrogen and oxygen atoms in total. The quantitative estimate of drug-likeness (QED) is 0.269. The van der Waals surface area contributed by atoms with E-state index in [-0.39, 0.29) is 17.2 Å². The summed E-state index contributed by atoms with van der Waals surface area (Å²) in [5.41, 5.74) is 0.852. The Labute approximate surface area is 219 Å². The number of nitrogens with zero attached hydrogens (tertiary/aromatic N) is 2. The first-order chi connectivity index (χ1) is 18.2. The van der Waals surface area contributed by atoms with E-state index in [0.29, 0.717) is 10.8 Å². The molecule has 38 heavy (non-hydrogen) atoms. The number of alkyl halides is 3. The van der Waals surface area contributed by atoms with Crippen LogP contribution in [0.4, 0.5) is 28.8 Å². The zero-order valence-electron chi connectivity index (χ0n) is 20.0. The van der Waals surface area contributed by atoms with E-state index in [9.17, 15) is 22.8 Å². The van der Waals surface area contributed by atoms with Crippen molar-refractivity contribution in [1.82, 2.24) is 15.5 Å². The lowest BCUT2D eigenvalue weighted by molar-refractivity contribution is -0.137. The van der Waals surface area contributed by atoms with Crippen LogP contribution in [0.25, 0.3) is 10.6 Å². The Morgan fingerprint density at radius 3 is 2.37 bits per heavy atom. The fraction of sp³-hybridized carbons (Fsp3) is 0.154. The maximum atomic E-state index is 13.1. The molecule has 4 rings (SSSR count). The van der Waals surface area contributed by atoms with E-state index in [0.717, 1.165) is 46.7 Å². The molecule has 0 radical (unpaired) electrons. The summed E-state index contributed by atoms with van der Waals surface area (Å²) in [4.78, 5) is 25.8. The number of hydrogen-bond acceptors (Lipinski definition) is 6. The molecule has 1 aromatic heterocycles. The highest BCUT2D eigenvalue weighted by Gasteiger charge is 2.30. The molecule has 3 aromatic carbocycles. The number of ether oxygens (including phenoxy) is 1. The number of benzene rings is 3. The number of carbonyl (C=O) groups is 2. The van der Waals surface area contributed by atoms with Crippen LogP contribution in [-0.2, 0) is 17.4 Å². The predicted molar refractivity (Wildman–Crippen MR) is 138 cm³/mol. The average molecular weight is 542 g/mol. The topological polar surface area (TPSA) is 105 Å². The Balaban J connectivity index is 1.46. The van der Waals surface area contributed by atoms with Crippen molar-refractivity contribution < 1.29 is 27.5 Å².